The molecule has 20 heavy (non-hydrogen) atoms. The smallest absolute Gasteiger partial charge is 0.354 e. The van der Waals surface area contributed by atoms with E-state index in [0.717, 1.165) is 0 Å². The van der Waals surface area contributed by atoms with Crippen molar-refractivity contribution in [2.75, 3.05) is 11.9 Å². The Morgan fingerprint density at radius 1 is 1.30 bits per heavy atom. The zero-order valence-electron chi connectivity index (χ0n) is 11.1. The second-order valence-corrected chi connectivity index (χ2v) is 4.21. The number of aromatic nitrogens is 1. The molecule has 0 bridgehead atoms. The first-order valence-corrected chi connectivity index (χ1v) is 6.13. The number of pyridine rings is 1. The Morgan fingerprint density at radius 3 is 2.70 bits per heavy atom. The van der Waals surface area contributed by atoms with Gasteiger partial charge in [0.1, 0.15) is 5.69 Å². The third-order valence-electron chi connectivity index (χ3n) is 2.65. The van der Waals surface area contributed by atoms with Crippen LogP contribution in [0, 0.1) is 0 Å². The molecule has 1 aromatic heterocycles. The molecule has 2 rings (SSSR count). The minimum absolute atomic E-state index is 0.108. The first-order chi connectivity index (χ1) is 9.51. The Balaban J connectivity index is 2.49. The molecule has 0 aliphatic carbocycles. The van der Waals surface area contributed by atoms with Gasteiger partial charge >= 0.3 is 5.97 Å². The van der Waals surface area contributed by atoms with Crippen LogP contribution in [0.15, 0.2) is 29.1 Å². The van der Waals surface area contributed by atoms with E-state index in [1.807, 2.05) is 0 Å². The number of fused-ring (bicyclic) bond motifs is 1. The van der Waals surface area contributed by atoms with Crippen LogP contribution in [0.3, 0.4) is 0 Å². The van der Waals surface area contributed by atoms with E-state index in [9.17, 15) is 14.4 Å². The molecule has 0 saturated carbocycles. The fourth-order valence-corrected chi connectivity index (χ4v) is 1.85. The zero-order valence-corrected chi connectivity index (χ0v) is 11.1. The maximum Gasteiger partial charge on any atom is 0.354 e. The van der Waals surface area contributed by atoms with Gasteiger partial charge in [0.05, 0.1) is 12.1 Å². The first kappa shape index (κ1) is 13.8. The normalized spacial score (nSPS) is 10.3. The lowest BCUT2D eigenvalue weighted by molar-refractivity contribution is -0.114. The molecule has 1 aromatic carbocycles. The van der Waals surface area contributed by atoms with Gasteiger partial charge in [-0.15, -0.1) is 0 Å². The van der Waals surface area contributed by atoms with E-state index in [4.69, 9.17) is 4.74 Å². The molecule has 6 heteroatoms. The van der Waals surface area contributed by atoms with Gasteiger partial charge < -0.3 is 15.0 Å². The summed E-state index contributed by atoms with van der Waals surface area (Å²) in [6, 6.07) is 6.03. The van der Waals surface area contributed by atoms with Crippen LogP contribution in [0.5, 0.6) is 0 Å². The molecular weight excluding hydrogens is 260 g/mol. The highest BCUT2D eigenvalue weighted by atomic mass is 16.5. The highest BCUT2D eigenvalue weighted by molar-refractivity contribution is 5.94. The third kappa shape index (κ3) is 2.85. The van der Waals surface area contributed by atoms with Crippen LogP contribution in [-0.2, 0) is 9.53 Å². The van der Waals surface area contributed by atoms with Gasteiger partial charge in [-0.3, -0.25) is 9.59 Å². The molecule has 6 nitrogen and oxygen atoms in total. The van der Waals surface area contributed by atoms with Crippen molar-refractivity contribution in [3.63, 3.8) is 0 Å². The van der Waals surface area contributed by atoms with Gasteiger partial charge in [-0.2, -0.15) is 0 Å². The van der Waals surface area contributed by atoms with E-state index in [0.29, 0.717) is 16.6 Å². The second kappa shape index (κ2) is 5.56. The van der Waals surface area contributed by atoms with Crippen molar-refractivity contribution in [1.82, 2.24) is 4.98 Å². The lowest BCUT2D eigenvalue weighted by atomic mass is 10.1. The molecule has 0 atom stereocenters. The van der Waals surface area contributed by atoms with E-state index in [-0.39, 0.29) is 23.6 Å². The summed E-state index contributed by atoms with van der Waals surface area (Å²) in [5.74, 6) is -0.790. The van der Waals surface area contributed by atoms with Crippen molar-refractivity contribution in [3.8, 4) is 0 Å². The Hall–Kier alpha value is -2.63. The summed E-state index contributed by atoms with van der Waals surface area (Å²) in [4.78, 5) is 37.4. The first-order valence-electron chi connectivity index (χ1n) is 6.13. The molecule has 0 fully saturated rings. The SMILES string of the molecule is CCOC(=O)c1cc(=O)c2cc(NC(C)=O)ccc2[nH]1. The third-order valence-corrected chi connectivity index (χ3v) is 2.65. The van der Waals surface area contributed by atoms with Crippen LogP contribution in [0.1, 0.15) is 24.3 Å². The topological polar surface area (TPSA) is 88.3 Å². The fraction of sp³-hybridized carbons (Fsp3) is 0.214. The van der Waals surface area contributed by atoms with Gasteiger partial charge in [0.25, 0.3) is 0 Å². The number of hydrogen-bond acceptors (Lipinski definition) is 4. The number of H-pyrrole nitrogens is 1. The Bertz CT molecular complexity index is 734. The molecule has 1 amide bonds. The Kier molecular flexibility index (Phi) is 3.84. The summed E-state index contributed by atoms with van der Waals surface area (Å²) in [6.07, 6.45) is 0. The summed E-state index contributed by atoms with van der Waals surface area (Å²) in [7, 11) is 0. The molecule has 1 heterocycles. The summed E-state index contributed by atoms with van der Waals surface area (Å²) in [6.45, 7) is 3.31. The maximum absolute atomic E-state index is 12.0. The second-order valence-electron chi connectivity index (χ2n) is 4.21. The highest BCUT2D eigenvalue weighted by Gasteiger charge is 2.11. The zero-order chi connectivity index (χ0) is 14.7. The van der Waals surface area contributed by atoms with E-state index < -0.39 is 5.97 Å². The Morgan fingerprint density at radius 2 is 2.05 bits per heavy atom. The Labute approximate surface area is 114 Å². The van der Waals surface area contributed by atoms with Crippen molar-refractivity contribution in [2.45, 2.75) is 13.8 Å². The molecule has 0 radical (unpaired) electrons. The summed E-state index contributed by atoms with van der Waals surface area (Å²) in [5, 5.41) is 2.99. The van der Waals surface area contributed by atoms with Crippen molar-refractivity contribution >= 4 is 28.5 Å². The molecule has 0 spiro atoms. The molecule has 0 aliphatic heterocycles. The maximum atomic E-state index is 12.0. The number of benzene rings is 1. The predicted octanol–water partition coefficient (Wildman–Crippen LogP) is 1.66. The molecule has 0 aliphatic rings. The number of hydrogen-bond donors (Lipinski definition) is 2. The van der Waals surface area contributed by atoms with Crippen LogP contribution in [0.4, 0.5) is 5.69 Å². The monoisotopic (exact) mass is 274 g/mol. The largest absolute Gasteiger partial charge is 0.461 e. The van der Waals surface area contributed by atoms with E-state index in [1.54, 1.807) is 25.1 Å². The van der Waals surface area contributed by atoms with Crippen LogP contribution in [0.2, 0.25) is 0 Å². The fourth-order valence-electron chi connectivity index (χ4n) is 1.85. The van der Waals surface area contributed by atoms with Crippen LogP contribution in [-0.4, -0.2) is 23.5 Å². The number of aromatic amines is 1. The minimum Gasteiger partial charge on any atom is -0.461 e. The van der Waals surface area contributed by atoms with E-state index >= 15 is 0 Å². The van der Waals surface area contributed by atoms with Gasteiger partial charge in [0, 0.05) is 24.1 Å². The molecular formula is C14H14N2O4. The summed E-state index contributed by atoms with van der Waals surface area (Å²) < 4.78 is 4.84. The predicted molar refractivity (Wildman–Crippen MR) is 74.8 cm³/mol. The van der Waals surface area contributed by atoms with Crippen molar-refractivity contribution in [1.29, 1.82) is 0 Å². The number of nitrogens with one attached hydrogen (secondary N) is 2. The van der Waals surface area contributed by atoms with E-state index in [2.05, 4.69) is 10.3 Å². The highest BCUT2D eigenvalue weighted by Crippen LogP contribution is 2.15. The van der Waals surface area contributed by atoms with Crippen molar-refractivity contribution in [3.05, 3.63) is 40.2 Å². The number of rotatable bonds is 3. The lowest BCUT2D eigenvalue weighted by Crippen LogP contribution is -2.13. The van der Waals surface area contributed by atoms with Crippen LogP contribution in [0.25, 0.3) is 10.9 Å². The van der Waals surface area contributed by atoms with Gasteiger partial charge in [-0.25, -0.2) is 4.79 Å². The average molecular weight is 274 g/mol. The van der Waals surface area contributed by atoms with Gasteiger partial charge in [0.15, 0.2) is 5.43 Å². The average Bonchev–Trinajstić information content (AvgIpc) is 2.39. The van der Waals surface area contributed by atoms with Gasteiger partial charge in [-0.1, -0.05) is 0 Å². The molecule has 0 unspecified atom stereocenters. The van der Waals surface area contributed by atoms with Crippen molar-refractivity contribution < 1.29 is 14.3 Å². The number of anilines is 1. The van der Waals surface area contributed by atoms with Gasteiger partial charge in [0.2, 0.25) is 5.91 Å². The van der Waals surface area contributed by atoms with E-state index in [1.165, 1.54) is 13.0 Å². The number of carbonyl (C=O) groups excluding carboxylic acids is 2. The quantitative estimate of drug-likeness (QED) is 0.833. The number of esters is 1. The summed E-state index contributed by atoms with van der Waals surface area (Å²) in [5.41, 5.74) is 0.833. The molecule has 104 valence electrons. The van der Waals surface area contributed by atoms with Crippen LogP contribution < -0.4 is 10.7 Å². The molecule has 2 aromatic rings. The number of carbonyl (C=O) groups is 2. The van der Waals surface area contributed by atoms with Crippen molar-refractivity contribution in [2.24, 2.45) is 0 Å². The van der Waals surface area contributed by atoms with Crippen LogP contribution >= 0.6 is 0 Å². The van der Waals surface area contributed by atoms with Gasteiger partial charge in [-0.05, 0) is 25.1 Å². The molecule has 2 N–H and O–H groups in total. The minimum atomic E-state index is -0.572. The molecule has 0 saturated heterocycles. The lowest BCUT2D eigenvalue weighted by Gasteiger charge is -2.06. The number of ether oxygens (including phenoxy) is 1. The standard InChI is InChI=1S/C14H14N2O4/c1-3-20-14(19)12-7-13(18)10-6-9(15-8(2)17)4-5-11(10)16-12/h4-7H,3H2,1-2H3,(H,15,17)(H,16,18). The summed E-state index contributed by atoms with van der Waals surface area (Å²) >= 11 is 0. The number of amides is 1.